The van der Waals surface area contributed by atoms with E-state index in [9.17, 15) is 4.79 Å². The topological polar surface area (TPSA) is 46.9 Å². The first-order valence-electron chi connectivity index (χ1n) is 6.20. The molecule has 0 bridgehead atoms. The minimum absolute atomic E-state index is 0.00680. The Labute approximate surface area is 106 Å². The average Bonchev–Trinajstić information content (AvgIpc) is 3.15. The van der Waals surface area contributed by atoms with Gasteiger partial charge in [0.2, 0.25) is 0 Å². The molecule has 0 aliphatic heterocycles. The molecule has 1 aliphatic carbocycles. The van der Waals surface area contributed by atoms with Crippen LogP contribution in [0.3, 0.4) is 0 Å². The van der Waals surface area contributed by atoms with Gasteiger partial charge in [-0.25, -0.2) is 4.98 Å². The van der Waals surface area contributed by atoms with E-state index in [1.54, 1.807) is 17.0 Å². The first-order valence-corrected chi connectivity index (χ1v) is 6.73. The summed E-state index contributed by atoms with van der Waals surface area (Å²) in [6.07, 6.45) is 8.82. The molecule has 1 fully saturated rings. The predicted molar refractivity (Wildman–Crippen MR) is 69.8 cm³/mol. The molecule has 94 valence electrons. The third kappa shape index (κ3) is 3.46. The van der Waals surface area contributed by atoms with Crippen molar-refractivity contribution in [1.82, 2.24) is 9.55 Å². The second-order valence-electron chi connectivity index (χ2n) is 4.40. The molecule has 1 aliphatic rings. The van der Waals surface area contributed by atoms with Crippen molar-refractivity contribution in [3.05, 3.63) is 22.7 Å². The van der Waals surface area contributed by atoms with Gasteiger partial charge < -0.3 is 9.88 Å². The van der Waals surface area contributed by atoms with Gasteiger partial charge in [-0.15, -0.1) is 11.6 Å². The Bertz CT molecular complexity index is 414. The van der Waals surface area contributed by atoms with Crippen molar-refractivity contribution in [2.45, 2.75) is 38.1 Å². The summed E-state index contributed by atoms with van der Waals surface area (Å²) in [6.45, 7) is 0.786. The Morgan fingerprint density at radius 3 is 2.94 bits per heavy atom. The van der Waals surface area contributed by atoms with Crippen molar-refractivity contribution >= 4 is 17.4 Å². The van der Waals surface area contributed by atoms with E-state index in [0.29, 0.717) is 17.7 Å². The fourth-order valence-electron chi connectivity index (χ4n) is 1.79. The number of hydrogen-bond acceptors (Lipinski definition) is 3. The number of nitrogens with zero attached hydrogens (tertiary/aromatic N) is 2. The third-order valence-electron chi connectivity index (χ3n) is 2.91. The van der Waals surface area contributed by atoms with Gasteiger partial charge in [0.25, 0.3) is 5.56 Å². The van der Waals surface area contributed by atoms with Gasteiger partial charge in [-0.1, -0.05) is 6.42 Å². The highest BCUT2D eigenvalue weighted by atomic mass is 35.5. The van der Waals surface area contributed by atoms with Gasteiger partial charge >= 0.3 is 0 Å². The van der Waals surface area contributed by atoms with Crippen molar-refractivity contribution in [3.8, 4) is 0 Å². The van der Waals surface area contributed by atoms with Crippen molar-refractivity contribution in [3.63, 3.8) is 0 Å². The summed E-state index contributed by atoms with van der Waals surface area (Å²) in [6, 6.07) is 0.405. The van der Waals surface area contributed by atoms with Crippen LogP contribution in [0.15, 0.2) is 17.2 Å². The highest BCUT2D eigenvalue weighted by Gasteiger charge is 2.25. The van der Waals surface area contributed by atoms with Crippen LogP contribution in [0.1, 0.15) is 38.1 Å². The first kappa shape index (κ1) is 12.4. The van der Waals surface area contributed by atoms with Crippen LogP contribution in [0.4, 0.5) is 5.82 Å². The minimum atomic E-state index is 0.00680. The second kappa shape index (κ2) is 6.05. The normalized spacial score (nSPS) is 14.9. The molecule has 1 saturated carbocycles. The maximum Gasteiger partial charge on any atom is 0.293 e. The summed E-state index contributed by atoms with van der Waals surface area (Å²) >= 11 is 5.60. The molecule has 5 heteroatoms. The van der Waals surface area contributed by atoms with Gasteiger partial charge in [0, 0.05) is 30.9 Å². The zero-order chi connectivity index (χ0) is 12.1. The number of nitrogens with one attached hydrogen (secondary N) is 1. The number of aromatic nitrogens is 2. The third-order valence-corrected chi connectivity index (χ3v) is 3.18. The molecule has 0 saturated heterocycles. The minimum Gasteiger partial charge on any atom is -0.365 e. The molecule has 0 radical (unpaired) electrons. The predicted octanol–water partition coefficient (Wildman–Crippen LogP) is 2.40. The fourth-order valence-corrected chi connectivity index (χ4v) is 1.98. The molecule has 1 heterocycles. The summed E-state index contributed by atoms with van der Waals surface area (Å²) < 4.78 is 1.79. The largest absolute Gasteiger partial charge is 0.365 e. The summed E-state index contributed by atoms with van der Waals surface area (Å²) in [4.78, 5) is 16.1. The monoisotopic (exact) mass is 255 g/mol. The summed E-state index contributed by atoms with van der Waals surface area (Å²) in [5.41, 5.74) is 0.00680. The standard InChI is InChI=1S/C12H18ClN3O/c13-6-2-1-3-7-14-11-12(17)16(9-8-15-11)10-4-5-10/h8-10H,1-7H2,(H,14,15). The molecule has 0 aromatic carbocycles. The van der Waals surface area contributed by atoms with Crippen LogP contribution in [0.25, 0.3) is 0 Å². The van der Waals surface area contributed by atoms with Gasteiger partial charge in [0.05, 0.1) is 0 Å². The molecule has 2 rings (SSSR count). The molecule has 0 atom stereocenters. The number of unbranched alkanes of at least 4 members (excludes halogenated alkanes) is 2. The van der Waals surface area contributed by atoms with E-state index < -0.39 is 0 Å². The Kier molecular flexibility index (Phi) is 4.42. The molecule has 4 nitrogen and oxygen atoms in total. The lowest BCUT2D eigenvalue weighted by molar-refractivity contribution is 0.695. The molecule has 0 unspecified atom stereocenters. The lowest BCUT2D eigenvalue weighted by atomic mass is 10.2. The van der Waals surface area contributed by atoms with Gasteiger partial charge in [0.1, 0.15) is 0 Å². The van der Waals surface area contributed by atoms with Crippen molar-refractivity contribution in [2.24, 2.45) is 0 Å². The van der Waals surface area contributed by atoms with E-state index in [-0.39, 0.29) is 5.56 Å². The smallest absolute Gasteiger partial charge is 0.293 e. The van der Waals surface area contributed by atoms with E-state index in [1.807, 2.05) is 0 Å². The highest BCUT2D eigenvalue weighted by Crippen LogP contribution is 2.33. The molecular formula is C12H18ClN3O. The lowest BCUT2D eigenvalue weighted by Gasteiger charge is -2.07. The summed E-state index contributed by atoms with van der Waals surface area (Å²) in [5, 5.41) is 3.11. The van der Waals surface area contributed by atoms with Crippen molar-refractivity contribution in [2.75, 3.05) is 17.7 Å². The molecule has 0 spiro atoms. The van der Waals surface area contributed by atoms with E-state index in [4.69, 9.17) is 11.6 Å². The van der Waals surface area contributed by atoms with Crippen LogP contribution in [-0.2, 0) is 0 Å². The second-order valence-corrected chi connectivity index (χ2v) is 4.77. The van der Waals surface area contributed by atoms with Gasteiger partial charge in [-0.05, 0) is 25.7 Å². The van der Waals surface area contributed by atoms with Crippen LogP contribution >= 0.6 is 11.6 Å². The van der Waals surface area contributed by atoms with E-state index in [0.717, 1.165) is 38.6 Å². The average molecular weight is 256 g/mol. The van der Waals surface area contributed by atoms with E-state index >= 15 is 0 Å². The van der Waals surface area contributed by atoms with E-state index in [1.165, 1.54) is 0 Å². The molecule has 1 N–H and O–H groups in total. The zero-order valence-electron chi connectivity index (χ0n) is 9.86. The molecule has 0 amide bonds. The van der Waals surface area contributed by atoms with Crippen LogP contribution < -0.4 is 10.9 Å². The van der Waals surface area contributed by atoms with Crippen molar-refractivity contribution in [1.29, 1.82) is 0 Å². The van der Waals surface area contributed by atoms with Gasteiger partial charge in [-0.2, -0.15) is 0 Å². The van der Waals surface area contributed by atoms with Gasteiger partial charge in [-0.3, -0.25) is 4.79 Å². The number of rotatable bonds is 7. The maximum absolute atomic E-state index is 12.0. The molecule has 1 aromatic heterocycles. The highest BCUT2D eigenvalue weighted by molar-refractivity contribution is 6.17. The fraction of sp³-hybridized carbons (Fsp3) is 0.667. The summed E-state index contributed by atoms with van der Waals surface area (Å²) in [7, 11) is 0. The molecule has 17 heavy (non-hydrogen) atoms. The quantitative estimate of drug-likeness (QED) is 0.601. The SMILES string of the molecule is O=c1c(NCCCCCCl)nccn1C1CC1. The lowest BCUT2D eigenvalue weighted by Crippen LogP contribution is -2.24. The molecule has 1 aromatic rings. The Balaban J connectivity index is 1.87. The number of halogens is 1. The summed E-state index contributed by atoms with van der Waals surface area (Å²) in [5.74, 6) is 1.18. The Hall–Kier alpha value is -1.03. The number of anilines is 1. The van der Waals surface area contributed by atoms with Crippen LogP contribution in [-0.4, -0.2) is 22.0 Å². The van der Waals surface area contributed by atoms with Gasteiger partial charge in [0.15, 0.2) is 5.82 Å². The Morgan fingerprint density at radius 2 is 2.24 bits per heavy atom. The Morgan fingerprint density at radius 1 is 1.41 bits per heavy atom. The van der Waals surface area contributed by atoms with Crippen LogP contribution in [0.2, 0.25) is 0 Å². The zero-order valence-corrected chi connectivity index (χ0v) is 10.6. The number of hydrogen-bond donors (Lipinski definition) is 1. The van der Waals surface area contributed by atoms with Crippen LogP contribution in [0.5, 0.6) is 0 Å². The molecular weight excluding hydrogens is 238 g/mol. The first-order chi connectivity index (χ1) is 8.33. The number of alkyl halides is 1. The maximum atomic E-state index is 12.0. The van der Waals surface area contributed by atoms with E-state index in [2.05, 4.69) is 10.3 Å². The van der Waals surface area contributed by atoms with Crippen molar-refractivity contribution < 1.29 is 0 Å². The van der Waals surface area contributed by atoms with Crippen LogP contribution in [0, 0.1) is 0 Å².